The van der Waals surface area contributed by atoms with Crippen LogP contribution in [0.25, 0.3) is 0 Å². The van der Waals surface area contributed by atoms with Crippen LogP contribution in [-0.2, 0) is 0 Å². The third-order valence-corrected chi connectivity index (χ3v) is 4.08. The number of hydrogen-bond acceptors (Lipinski definition) is 3. The van der Waals surface area contributed by atoms with Crippen LogP contribution in [0.4, 0.5) is 11.4 Å². The summed E-state index contributed by atoms with van der Waals surface area (Å²) in [6, 6.07) is 8.93. The molecule has 0 radical (unpaired) electrons. The second kappa shape index (κ2) is 9.96. The Morgan fingerprint density at radius 2 is 0.875 bits per heavy atom. The molecule has 0 heterocycles. The molecule has 1 unspecified atom stereocenters. The first kappa shape index (κ1) is 20.9. The number of hydrogen-bond donors (Lipinski definition) is 3. The van der Waals surface area contributed by atoms with E-state index in [0.717, 1.165) is 13.1 Å². The average molecular weight is 363 g/mol. The van der Waals surface area contributed by atoms with E-state index in [4.69, 9.17) is 0 Å². The molecule has 0 saturated heterocycles. The standard InChI is InChI=1S/C20H28N2.H3PS/c1-13-9-15(3)19(16(4)10-13)21-7-8-22-20-17(5)11-14(2)12-18(20)6;1-2/h9-12,21-22H,7-8H2,1-6H3;2H,1H2. The Morgan fingerprint density at radius 1 is 0.625 bits per heavy atom. The zero-order valence-corrected chi connectivity index (χ0v) is 17.8. The molecule has 0 aliphatic rings. The van der Waals surface area contributed by atoms with Crippen LogP contribution in [0.5, 0.6) is 0 Å². The highest BCUT2D eigenvalue weighted by Gasteiger charge is 2.05. The fraction of sp³-hybridized carbons (Fsp3) is 0.400. The molecule has 0 aliphatic heterocycles. The SMILES string of the molecule is Cc1cc(C)c(NCCNc2c(C)cc(C)cc2C)c(C)c1.PS. The van der Waals surface area contributed by atoms with Gasteiger partial charge in [0.1, 0.15) is 0 Å². The van der Waals surface area contributed by atoms with Crippen LogP contribution in [0.2, 0.25) is 0 Å². The predicted molar refractivity (Wildman–Crippen MR) is 117 cm³/mol. The molecule has 1 atom stereocenters. The molecule has 24 heavy (non-hydrogen) atoms. The van der Waals surface area contributed by atoms with Gasteiger partial charge >= 0.3 is 0 Å². The molecule has 2 aromatic carbocycles. The maximum atomic E-state index is 3.57. The highest BCUT2D eigenvalue weighted by Crippen LogP contribution is 2.23. The van der Waals surface area contributed by atoms with Crippen molar-refractivity contribution < 1.29 is 0 Å². The van der Waals surface area contributed by atoms with E-state index in [0.29, 0.717) is 0 Å². The molecule has 0 bridgehead atoms. The Hall–Kier alpha value is -1.18. The maximum absolute atomic E-state index is 3.57. The average Bonchev–Trinajstić information content (AvgIpc) is 2.49. The minimum absolute atomic E-state index is 0.914. The summed E-state index contributed by atoms with van der Waals surface area (Å²) >= 11 is 3.44. The lowest BCUT2D eigenvalue weighted by molar-refractivity contribution is 1.06. The molecule has 0 saturated carbocycles. The van der Waals surface area contributed by atoms with Crippen molar-refractivity contribution in [3.63, 3.8) is 0 Å². The number of aryl methyl sites for hydroxylation is 6. The third kappa shape index (κ3) is 5.72. The molecule has 0 aliphatic carbocycles. The van der Waals surface area contributed by atoms with Gasteiger partial charge < -0.3 is 10.6 Å². The molecule has 4 heteroatoms. The van der Waals surface area contributed by atoms with Crippen LogP contribution < -0.4 is 10.6 Å². The molecule has 2 aromatic rings. The Bertz CT molecular complexity index is 578. The van der Waals surface area contributed by atoms with Crippen molar-refractivity contribution in [1.82, 2.24) is 0 Å². The van der Waals surface area contributed by atoms with E-state index in [9.17, 15) is 0 Å². The molecule has 2 rings (SSSR count). The summed E-state index contributed by atoms with van der Waals surface area (Å²) in [6.45, 7) is 14.8. The van der Waals surface area contributed by atoms with Gasteiger partial charge in [0, 0.05) is 24.5 Å². The highest BCUT2D eigenvalue weighted by atomic mass is 32.7. The first-order valence-electron chi connectivity index (χ1n) is 8.27. The quantitative estimate of drug-likeness (QED) is 0.357. The number of nitrogens with one attached hydrogen (secondary N) is 2. The van der Waals surface area contributed by atoms with Gasteiger partial charge in [0.25, 0.3) is 0 Å². The topological polar surface area (TPSA) is 24.1 Å². The Balaban J connectivity index is 0.00000139. The van der Waals surface area contributed by atoms with Crippen LogP contribution >= 0.6 is 20.7 Å². The van der Waals surface area contributed by atoms with Crippen LogP contribution in [0.1, 0.15) is 33.4 Å². The van der Waals surface area contributed by atoms with Gasteiger partial charge in [-0.15, -0.1) is 0 Å². The summed E-state index contributed by atoms with van der Waals surface area (Å²) in [5, 5.41) is 7.13. The van der Waals surface area contributed by atoms with Gasteiger partial charge in [-0.3, -0.25) is 0 Å². The lowest BCUT2D eigenvalue weighted by Gasteiger charge is -2.17. The minimum Gasteiger partial charge on any atom is -0.383 e. The van der Waals surface area contributed by atoms with E-state index >= 15 is 0 Å². The zero-order valence-electron chi connectivity index (χ0n) is 15.7. The van der Waals surface area contributed by atoms with Crippen molar-refractivity contribution in [2.45, 2.75) is 41.5 Å². The summed E-state index contributed by atoms with van der Waals surface area (Å²) in [4.78, 5) is 0. The highest BCUT2D eigenvalue weighted by molar-refractivity contribution is 8.31. The second-order valence-electron chi connectivity index (χ2n) is 6.40. The van der Waals surface area contributed by atoms with E-state index < -0.39 is 0 Å². The zero-order chi connectivity index (χ0) is 18.3. The van der Waals surface area contributed by atoms with E-state index in [1.165, 1.54) is 44.8 Å². The summed E-state index contributed by atoms with van der Waals surface area (Å²) in [6.07, 6.45) is 0. The number of thiol groups is 1. The third-order valence-electron chi connectivity index (χ3n) is 4.08. The van der Waals surface area contributed by atoms with E-state index in [1.54, 1.807) is 0 Å². The lowest BCUT2D eigenvalue weighted by atomic mass is 10.0. The number of benzene rings is 2. The van der Waals surface area contributed by atoms with Crippen LogP contribution in [0.3, 0.4) is 0 Å². The van der Waals surface area contributed by atoms with Crippen molar-refractivity contribution in [2.24, 2.45) is 0 Å². The van der Waals surface area contributed by atoms with Crippen molar-refractivity contribution in [3.05, 3.63) is 57.6 Å². The second-order valence-corrected chi connectivity index (χ2v) is 6.40. The van der Waals surface area contributed by atoms with Gasteiger partial charge in [0.15, 0.2) is 0 Å². The summed E-state index contributed by atoms with van der Waals surface area (Å²) in [5.41, 5.74) is 10.5. The summed E-state index contributed by atoms with van der Waals surface area (Å²) in [5.74, 6) is 0. The molecule has 2 N–H and O–H groups in total. The predicted octanol–water partition coefficient (Wildman–Crippen LogP) is 5.77. The molecule has 0 spiro atoms. The van der Waals surface area contributed by atoms with E-state index in [2.05, 4.69) is 97.1 Å². The van der Waals surface area contributed by atoms with Crippen molar-refractivity contribution in [3.8, 4) is 0 Å². The Morgan fingerprint density at radius 3 is 1.12 bits per heavy atom. The fourth-order valence-corrected chi connectivity index (χ4v) is 3.29. The normalized spacial score (nSPS) is 10.0. The van der Waals surface area contributed by atoms with Gasteiger partial charge in [-0.2, -0.15) is 12.2 Å². The van der Waals surface area contributed by atoms with Gasteiger partial charge in [-0.25, -0.2) is 0 Å². The minimum atomic E-state index is 0.914. The van der Waals surface area contributed by atoms with Crippen molar-refractivity contribution in [1.29, 1.82) is 0 Å². The monoisotopic (exact) mass is 362 g/mol. The van der Waals surface area contributed by atoms with Crippen molar-refractivity contribution in [2.75, 3.05) is 23.7 Å². The molecular weight excluding hydrogens is 331 g/mol. The van der Waals surface area contributed by atoms with Crippen LogP contribution in [-0.4, -0.2) is 13.1 Å². The summed E-state index contributed by atoms with van der Waals surface area (Å²) in [7, 11) is 2.11. The van der Waals surface area contributed by atoms with Crippen LogP contribution in [0, 0.1) is 41.5 Å². The van der Waals surface area contributed by atoms with Gasteiger partial charge in [-0.1, -0.05) is 43.8 Å². The largest absolute Gasteiger partial charge is 0.383 e. The molecule has 0 fully saturated rings. The molecule has 2 nitrogen and oxygen atoms in total. The molecule has 0 amide bonds. The lowest BCUT2D eigenvalue weighted by Crippen LogP contribution is -2.16. The smallest absolute Gasteiger partial charge is 0.0400 e. The number of rotatable bonds is 5. The first-order valence-corrected chi connectivity index (χ1v) is 10.3. The number of anilines is 2. The van der Waals surface area contributed by atoms with E-state index in [1.807, 2.05) is 0 Å². The van der Waals surface area contributed by atoms with Crippen molar-refractivity contribution >= 4 is 32.1 Å². The van der Waals surface area contributed by atoms with Gasteiger partial charge in [0.2, 0.25) is 0 Å². The first-order chi connectivity index (χ1) is 11.4. The van der Waals surface area contributed by atoms with Gasteiger partial charge in [-0.05, 0) is 63.8 Å². The van der Waals surface area contributed by atoms with E-state index in [-0.39, 0.29) is 0 Å². The molecule has 0 aromatic heterocycles. The fourth-order valence-electron chi connectivity index (χ4n) is 3.29. The Kier molecular flexibility index (Phi) is 8.66. The Labute approximate surface area is 155 Å². The maximum Gasteiger partial charge on any atom is 0.0400 e. The molecule has 132 valence electrons. The van der Waals surface area contributed by atoms with Crippen LogP contribution in [0.15, 0.2) is 24.3 Å². The summed E-state index contributed by atoms with van der Waals surface area (Å²) < 4.78 is 0. The van der Waals surface area contributed by atoms with Gasteiger partial charge in [0.05, 0.1) is 0 Å². The molecular formula is C20H31N2PS.